The average molecular weight is 217 g/mol. The smallest absolute Gasteiger partial charge is 0.282 e. The Morgan fingerprint density at radius 1 is 1.07 bits per heavy atom. The van der Waals surface area contributed by atoms with Crippen LogP contribution in [-0.2, 0) is 0 Å². The van der Waals surface area contributed by atoms with Gasteiger partial charge in [-0.3, -0.25) is 4.79 Å². The molecule has 0 atom stereocenters. The van der Waals surface area contributed by atoms with Gasteiger partial charge >= 0.3 is 0 Å². The summed E-state index contributed by atoms with van der Waals surface area (Å²) in [4.78, 5) is 13.9. The molecule has 0 aliphatic rings. The van der Waals surface area contributed by atoms with Crippen molar-refractivity contribution < 1.29 is 4.79 Å². The molecule has 0 saturated carbocycles. The summed E-state index contributed by atoms with van der Waals surface area (Å²) in [6.45, 7) is 14.4. The van der Waals surface area contributed by atoms with Crippen LogP contribution in [0, 0.1) is 0 Å². The van der Waals surface area contributed by atoms with Gasteiger partial charge < -0.3 is 4.90 Å². The van der Waals surface area contributed by atoms with Crippen LogP contribution in [0.5, 0.6) is 0 Å². The largest absolute Gasteiger partial charge is 0.329 e. The van der Waals surface area contributed by atoms with Crippen LogP contribution in [0.1, 0.15) is 48.5 Å². The Hall–Kier alpha value is -0.180. The molecule has 0 aliphatic carbocycles. The van der Waals surface area contributed by atoms with Crippen molar-refractivity contribution in [1.29, 1.82) is 0 Å². The van der Waals surface area contributed by atoms with Crippen LogP contribution in [0.15, 0.2) is 0 Å². The number of amides is 1. The summed E-state index contributed by atoms with van der Waals surface area (Å²) in [6, 6.07) is 0.551. The normalized spacial score (nSPS) is 12.4. The fourth-order valence-electron chi connectivity index (χ4n) is 1.33. The lowest BCUT2D eigenvalue weighted by molar-refractivity contribution is 0.189. The van der Waals surface area contributed by atoms with Gasteiger partial charge in [0, 0.05) is 16.8 Å². The zero-order valence-corrected chi connectivity index (χ0v) is 11.2. The second kappa shape index (κ2) is 5.06. The summed E-state index contributed by atoms with van der Waals surface area (Å²) in [5.74, 6) is 0. The third kappa shape index (κ3) is 4.89. The number of thioether (sulfide) groups is 1. The Bertz CT molecular complexity index is 186. The van der Waals surface area contributed by atoms with Crippen LogP contribution < -0.4 is 0 Å². The van der Waals surface area contributed by atoms with E-state index < -0.39 is 0 Å². The second-order valence-corrected chi connectivity index (χ2v) is 6.85. The molecule has 0 aromatic rings. The highest BCUT2D eigenvalue weighted by molar-refractivity contribution is 8.14. The van der Waals surface area contributed by atoms with E-state index in [0.29, 0.717) is 0 Å². The second-order valence-electron chi connectivity index (χ2n) is 5.08. The van der Waals surface area contributed by atoms with Gasteiger partial charge in [0.1, 0.15) is 0 Å². The number of carbonyl (C=O) groups is 1. The van der Waals surface area contributed by atoms with E-state index in [-0.39, 0.29) is 22.1 Å². The molecule has 0 aromatic heterocycles. The fourth-order valence-corrected chi connectivity index (χ4v) is 2.38. The van der Waals surface area contributed by atoms with Gasteiger partial charge in [-0.15, -0.1) is 0 Å². The number of hydrogen-bond donors (Lipinski definition) is 0. The lowest BCUT2D eigenvalue weighted by atomic mass is 10.2. The van der Waals surface area contributed by atoms with Crippen molar-refractivity contribution in [2.75, 3.05) is 0 Å². The van der Waals surface area contributed by atoms with Gasteiger partial charge in [-0.05, 0) is 27.7 Å². The minimum atomic E-state index is -0.000880. The van der Waals surface area contributed by atoms with Crippen LogP contribution in [0.2, 0.25) is 0 Å². The van der Waals surface area contributed by atoms with E-state index in [9.17, 15) is 4.79 Å². The van der Waals surface area contributed by atoms with Gasteiger partial charge in [-0.2, -0.15) is 0 Å². The maximum Gasteiger partial charge on any atom is 0.282 e. The van der Waals surface area contributed by atoms with Crippen LogP contribution in [0.3, 0.4) is 0 Å². The van der Waals surface area contributed by atoms with Crippen molar-refractivity contribution in [1.82, 2.24) is 4.90 Å². The van der Waals surface area contributed by atoms with Crippen molar-refractivity contribution in [3.8, 4) is 0 Å². The third-order valence-electron chi connectivity index (χ3n) is 1.72. The SMILES string of the molecule is CC(C)N(C(=O)SC(C)(C)C)C(C)C. The van der Waals surface area contributed by atoms with Crippen LogP contribution in [0.25, 0.3) is 0 Å². The Morgan fingerprint density at radius 3 is 1.64 bits per heavy atom. The number of carbonyl (C=O) groups excluding carboxylic acids is 1. The Labute approximate surface area is 92.4 Å². The first-order valence-electron chi connectivity index (χ1n) is 5.16. The fraction of sp³-hybridized carbons (Fsp3) is 0.909. The number of nitrogens with zero attached hydrogens (tertiary/aromatic N) is 1. The predicted octanol–water partition coefficient (Wildman–Crippen LogP) is 3.76. The van der Waals surface area contributed by atoms with E-state index >= 15 is 0 Å². The van der Waals surface area contributed by atoms with Crippen LogP contribution >= 0.6 is 11.8 Å². The molecule has 84 valence electrons. The summed E-state index contributed by atoms with van der Waals surface area (Å²) in [7, 11) is 0. The molecule has 0 fully saturated rings. The highest BCUT2D eigenvalue weighted by Crippen LogP contribution is 2.27. The Morgan fingerprint density at radius 2 is 1.43 bits per heavy atom. The van der Waals surface area contributed by atoms with E-state index in [0.717, 1.165) is 0 Å². The first kappa shape index (κ1) is 13.8. The van der Waals surface area contributed by atoms with E-state index in [4.69, 9.17) is 0 Å². The highest BCUT2D eigenvalue weighted by atomic mass is 32.2. The monoisotopic (exact) mass is 217 g/mol. The lowest BCUT2D eigenvalue weighted by Crippen LogP contribution is -2.41. The molecule has 0 aromatic carbocycles. The molecule has 0 radical (unpaired) electrons. The Balaban J connectivity index is 4.47. The van der Waals surface area contributed by atoms with Gasteiger partial charge in [0.25, 0.3) is 5.24 Å². The standard InChI is InChI=1S/C11H23NOS/c1-8(2)12(9(3)4)10(13)14-11(5,6)7/h8-9H,1-7H3. The zero-order valence-electron chi connectivity index (χ0n) is 10.4. The zero-order chi connectivity index (χ0) is 11.5. The van der Waals surface area contributed by atoms with E-state index in [1.807, 2.05) is 4.90 Å². The molecule has 0 bridgehead atoms. The molecule has 2 nitrogen and oxygen atoms in total. The van der Waals surface area contributed by atoms with Gasteiger partial charge in [0.05, 0.1) is 0 Å². The number of hydrogen-bond acceptors (Lipinski definition) is 2. The molecule has 0 saturated heterocycles. The average Bonchev–Trinajstić information content (AvgIpc) is 1.78. The van der Waals surface area contributed by atoms with Crippen LogP contribution in [-0.4, -0.2) is 27.0 Å². The van der Waals surface area contributed by atoms with E-state index in [1.54, 1.807) is 0 Å². The number of rotatable bonds is 2. The van der Waals surface area contributed by atoms with E-state index in [1.165, 1.54) is 11.8 Å². The summed E-state index contributed by atoms with van der Waals surface area (Å²) >= 11 is 1.41. The predicted molar refractivity (Wildman–Crippen MR) is 64.9 cm³/mol. The molecule has 3 heteroatoms. The van der Waals surface area contributed by atoms with Crippen molar-refractivity contribution in [2.24, 2.45) is 0 Å². The quantitative estimate of drug-likeness (QED) is 0.702. The molecular formula is C11H23NOS. The highest BCUT2D eigenvalue weighted by Gasteiger charge is 2.25. The van der Waals surface area contributed by atoms with Crippen molar-refractivity contribution in [3.05, 3.63) is 0 Å². The Kier molecular flexibility index (Phi) is 4.99. The lowest BCUT2D eigenvalue weighted by Gasteiger charge is -2.32. The molecule has 0 unspecified atom stereocenters. The molecule has 0 rings (SSSR count). The first-order chi connectivity index (χ1) is 6.15. The molecular weight excluding hydrogens is 194 g/mol. The van der Waals surface area contributed by atoms with Crippen LogP contribution in [0.4, 0.5) is 4.79 Å². The summed E-state index contributed by atoms with van der Waals surface area (Å²) < 4.78 is -0.000880. The molecule has 1 amide bonds. The third-order valence-corrected chi connectivity index (χ3v) is 2.71. The molecule has 0 heterocycles. The van der Waals surface area contributed by atoms with Gasteiger partial charge in [-0.1, -0.05) is 32.5 Å². The van der Waals surface area contributed by atoms with Gasteiger partial charge in [0.2, 0.25) is 0 Å². The minimum absolute atomic E-state index is 0.000880. The van der Waals surface area contributed by atoms with Gasteiger partial charge in [-0.25, -0.2) is 0 Å². The molecule has 14 heavy (non-hydrogen) atoms. The molecule has 0 aliphatic heterocycles. The summed E-state index contributed by atoms with van der Waals surface area (Å²) in [6.07, 6.45) is 0. The van der Waals surface area contributed by atoms with E-state index in [2.05, 4.69) is 48.5 Å². The maximum absolute atomic E-state index is 11.9. The topological polar surface area (TPSA) is 20.3 Å². The minimum Gasteiger partial charge on any atom is -0.329 e. The maximum atomic E-state index is 11.9. The van der Waals surface area contributed by atoms with Crippen molar-refractivity contribution in [3.63, 3.8) is 0 Å². The first-order valence-corrected chi connectivity index (χ1v) is 5.98. The van der Waals surface area contributed by atoms with Crippen molar-refractivity contribution >= 4 is 17.0 Å². The summed E-state index contributed by atoms with van der Waals surface area (Å²) in [5, 5.41) is 0.183. The summed E-state index contributed by atoms with van der Waals surface area (Å²) in [5.41, 5.74) is 0. The van der Waals surface area contributed by atoms with Crippen molar-refractivity contribution in [2.45, 2.75) is 65.3 Å². The molecule has 0 spiro atoms. The molecule has 0 N–H and O–H groups in total. The van der Waals surface area contributed by atoms with Gasteiger partial charge in [0.15, 0.2) is 0 Å².